The van der Waals surface area contributed by atoms with Crippen molar-refractivity contribution in [3.63, 3.8) is 0 Å². The summed E-state index contributed by atoms with van der Waals surface area (Å²) in [5, 5.41) is 0. The number of rotatable bonds is 1. The minimum atomic E-state index is 0.476. The largest absolute Gasteiger partial charge is 0.492 e. The van der Waals surface area contributed by atoms with Gasteiger partial charge in [0.2, 0.25) is 0 Å². The van der Waals surface area contributed by atoms with Gasteiger partial charge in [-0.15, -0.1) is 11.6 Å². The summed E-state index contributed by atoms with van der Waals surface area (Å²) in [6.07, 6.45) is 5.72. The lowest BCUT2D eigenvalue weighted by Crippen LogP contribution is -2.10. The third kappa shape index (κ3) is 1.65. The van der Waals surface area contributed by atoms with Crippen LogP contribution in [-0.4, -0.2) is 16.6 Å². The summed E-state index contributed by atoms with van der Waals surface area (Å²) in [4.78, 5) is 8.96. The molecule has 1 aliphatic rings. The van der Waals surface area contributed by atoms with Crippen molar-refractivity contribution in [1.82, 2.24) is 9.97 Å². The standard InChI is InChI=1S/C13H13ClN2O/c1-8-9(5-14)6-15-13-10-3-2-4-17-11(10)7-16-12(8)13/h6-7H,2-5H2,1H3. The summed E-state index contributed by atoms with van der Waals surface area (Å²) in [5.74, 6) is 1.36. The van der Waals surface area contributed by atoms with Crippen LogP contribution in [0.1, 0.15) is 23.1 Å². The molecule has 3 nitrogen and oxygen atoms in total. The third-order valence-electron chi connectivity index (χ3n) is 3.28. The van der Waals surface area contributed by atoms with E-state index in [2.05, 4.69) is 9.97 Å². The molecule has 0 saturated heterocycles. The maximum Gasteiger partial charge on any atom is 0.142 e. The van der Waals surface area contributed by atoms with E-state index in [0.717, 1.165) is 47.4 Å². The van der Waals surface area contributed by atoms with E-state index in [-0.39, 0.29) is 0 Å². The van der Waals surface area contributed by atoms with Crippen LogP contribution in [0.15, 0.2) is 12.4 Å². The van der Waals surface area contributed by atoms with E-state index in [1.54, 1.807) is 0 Å². The summed E-state index contributed by atoms with van der Waals surface area (Å²) in [5.41, 5.74) is 5.27. The highest BCUT2D eigenvalue weighted by Crippen LogP contribution is 2.31. The Labute approximate surface area is 105 Å². The average Bonchev–Trinajstić information content (AvgIpc) is 2.39. The smallest absolute Gasteiger partial charge is 0.142 e. The molecule has 0 bridgehead atoms. The second kappa shape index (κ2) is 4.15. The fourth-order valence-corrected chi connectivity index (χ4v) is 2.53. The van der Waals surface area contributed by atoms with Gasteiger partial charge in [-0.2, -0.15) is 0 Å². The van der Waals surface area contributed by atoms with Crippen LogP contribution in [0.4, 0.5) is 0 Å². The summed E-state index contributed by atoms with van der Waals surface area (Å²) in [6, 6.07) is 0. The summed E-state index contributed by atoms with van der Waals surface area (Å²) >= 11 is 5.88. The van der Waals surface area contributed by atoms with Crippen molar-refractivity contribution < 1.29 is 4.74 Å². The molecule has 2 aromatic rings. The molecule has 1 aliphatic heterocycles. The predicted octanol–water partition coefficient (Wildman–Crippen LogP) is 3.00. The van der Waals surface area contributed by atoms with Crippen molar-refractivity contribution >= 4 is 22.6 Å². The van der Waals surface area contributed by atoms with Gasteiger partial charge >= 0.3 is 0 Å². The van der Waals surface area contributed by atoms with E-state index in [1.165, 1.54) is 5.56 Å². The first-order chi connectivity index (χ1) is 8.31. The Morgan fingerprint density at radius 3 is 2.94 bits per heavy atom. The fourth-order valence-electron chi connectivity index (χ4n) is 2.26. The maximum atomic E-state index is 5.88. The molecule has 0 aliphatic carbocycles. The van der Waals surface area contributed by atoms with Crippen LogP contribution >= 0.6 is 11.6 Å². The van der Waals surface area contributed by atoms with Crippen LogP contribution in [0.2, 0.25) is 0 Å². The number of pyridine rings is 2. The van der Waals surface area contributed by atoms with Crippen molar-refractivity contribution in [1.29, 1.82) is 0 Å². The highest BCUT2D eigenvalue weighted by molar-refractivity contribution is 6.17. The van der Waals surface area contributed by atoms with Gasteiger partial charge in [-0.1, -0.05) is 0 Å². The predicted molar refractivity (Wildman–Crippen MR) is 67.6 cm³/mol. The highest BCUT2D eigenvalue weighted by atomic mass is 35.5. The van der Waals surface area contributed by atoms with Crippen LogP contribution in [0, 0.1) is 6.92 Å². The van der Waals surface area contributed by atoms with Crippen molar-refractivity contribution in [3.05, 3.63) is 29.1 Å². The first kappa shape index (κ1) is 10.8. The van der Waals surface area contributed by atoms with Gasteiger partial charge in [-0.25, -0.2) is 0 Å². The Balaban J connectivity index is 2.31. The second-order valence-electron chi connectivity index (χ2n) is 4.29. The molecule has 0 aromatic carbocycles. The lowest BCUT2D eigenvalue weighted by atomic mass is 10.0. The summed E-state index contributed by atoms with van der Waals surface area (Å²) in [6.45, 7) is 2.82. The zero-order valence-electron chi connectivity index (χ0n) is 9.66. The number of aryl methyl sites for hydroxylation is 2. The molecule has 88 valence electrons. The van der Waals surface area contributed by atoms with Crippen molar-refractivity contribution in [2.75, 3.05) is 6.61 Å². The monoisotopic (exact) mass is 248 g/mol. The molecular formula is C13H13ClN2O. The topological polar surface area (TPSA) is 35.0 Å². The Morgan fingerprint density at radius 1 is 1.29 bits per heavy atom. The first-order valence-electron chi connectivity index (χ1n) is 5.76. The first-order valence-corrected chi connectivity index (χ1v) is 6.29. The lowest BCUT2D eigenvalue weighted by Gasteiger charge is -2.18. The number of hydrogen-bond acceptors (Lipinski definition) is 3. The van der Waals surface area contributed by atoms with Gasteiger partial charge < -0.3 is 4.74 Å². The highest BCUT2D eigenvalue weighted by Gasteiger charge is 2.17. The van der Waals surface area contributed by atoms with Gasteiger partial charge in [-0.05, 0) is 30.9 Å². The van der Waals surface area contributed by atoms with Gasteiger partial charge in [0.25, 0.3) is 0 Å². The van der Waals surface area contributed by atoms with Gasteiger partial charge in [0, 0.05) is 17.6 Å². The van der Waals surface area contributed by atoms with E-state index < -0.39 is 0 Å². The summed E-state index contributed by atoms with van der Waals surface area (Å²) < 4.78 is 5.60. The Hall–Kier alpha value is -1.35. The van der Waals surface area contributed by atoms with Crippen LogP contribution in [0.3, 0.4) is 0 Å². The molecule has 0 atom stereocenters. The Kier molecular flexibility index (Phi) is 2.63. The Morgan fingerprint density at radius 2 is 2.12 bits per heavy atom. The molecular weight excluding hydrogens is 236 g/mol. The van der Waals surface area contributed by atoms with E-state index in [0.29, 0.717) is 5.88 Å². The van der Waals surface area contributed by atoms with Crippen LogP contribution in [0.5, 0.6) is 5.75 Å². The number of nitrogens with zero attached hydrogens (tertiary/aromatic N) is 2. The molecule has 17 heavy (non-hydrogen) atoms. The molecule has 4 heteroatoms. The van der Waals surface area contributed by atoms with E-state index >= 15 is 0 Å². The van der Waals surface area contributed by atoms with Gasteiger partial charge in [0.1, 0.15) is 5.75 Å². The molecule has 0 amide bonds. The maximum absolute atomic E-state index is 5.88. The van der Waals surface area contributed by atoms with Gasteiger partial charge in [0.15, 0.2) is 0 Å². The normalized spacial score (nSPS) is 14.5. The SMILES string of the molecule is Cc1c(CCl)cnc2c3c(cnc12)OCCC3. The molecule has 3 rings (SSSR count). The number of fused-ring (bicyclic) bond motifs is 3. The van der Waals surface area contributed by atoms with E-state index in [1.807, 2.05) is 19.3 Å². The van der Waals surface area contributed by atoms with E-state index in [4.69, 9.17) is 16.3 Å². The molecule has 0 N–H and O–H groups in total. The number of aromatic nitrogens is 2. The van der Waals surface area contributed by atoms with Gasteiger partial charge in [-0.3, -0.25) is 9.97 Å². The van der Waals surface area contributed by atoms with Crippen molar-refractivity contribution in [3.8, 4) is 5.75 Å². The van der Waals surface area contributed by atoms with Crippen LogP contribution in [0.25, 0.3) is 11.0 Å². The van der Waals surface area contributed by atoms with Gasteiger partial charge in [0.05, 0.1) is 23.8 Å². The molecule has 0 radical (unpaired) electrons. The molecule has 0 spiro atoms. The molecule has 0 unspecified atom stereocenters. The quantitative estimate of drug-likeness (QED) is 0.728. The molecule has 0 saturated carbocycles. The lowest BCUT2D eigenvalue weighted by molar-refractivity contribution is 0.288. The molecule has 0 fully saturated rings. The fraction of sp³-hybridized carbons (Fsp3) is 0.385. The Bertz CT molecular complexity index is 583. The van der Waals surface area contributed by atoms with Crippen molar-refractivity contribution in [2.45, 2.75) is 25.6 Å². The average molecular weight is 249 g/mol. The van der Waals surface area contributed by atoms with E-state index in [9.17, 15) is 0 Å². The van der Waals surface area contributed by atoms with Crippen LogP contribution < -0.4 is 4.74 Å². The van der Waals surface area contributed by atoms with Crippen molar-refractivity contribution in [2.24, 2.45) is 0 Å². The minimum absolute atomic E-state index is 0.476. The molecule has 3 heterocycles. The summed E-state index contributed by atoms with van der Waals surface area (Å²) in [7, 11) is 0. The number of hydrogen-bond donors (Lipinski definition) is 0. The minimum Gasteiger partial charge on any atom is -0.492 e. The molecule has 2 aromatic heterocycles. The zero-order chi connectivity index (χ0) is 11.8. The number of halogens is 1. The zero-order valence-corrected chi connectivity index (χ0v) is 10.4. The second-order valence-corrected chi connectivity index (χ2v) is 4.56. The third-order valence-corrected chi connectivity index (χ3v) is 3.57. The van der Waals surface area contributed by atoms with Crippen LogP contribution in [-0.2, 0) is 12.3 Å². The number of ether oxygens (including phenoxy) is 1. The number of alkyl halides is 1.